The molecule has 2 heterocycles. The predicted molar refractivity (Wildman–Crippen MR) is 106 cm³/mol. The molecule has 0 aromatic heterocycles. The molecule has 3 rings (SSSR count). The van der Waals surface area contributed by atoms with Gasteiger partial charge in [0.2, 0.25) is 0 Å². The van der Waals surface area contributed by atoms with Crippen LogP contribution in [-0.4, -0.2) is 74.3 Å². The van der Waals surface area contributed by atoms with Crippen LogP contribution >= 0.6 is 24.0 Å². The van der Waals surface area contributed by atoms with Gasteiger partial charge in [-0.3, -0.25) is 9.89 Å². The second-order valence-electron chi connectivity index (χ2n) is 6.98. The van der Waals surface area contributed by atoms with Crippen molar-refractivity contribution in [2.75, 3.05) is 53.0 Å². The Balaban J connectivity index is 0.00000192. The minimum atomic E-state index is 0. The van der Waals surface area contributed by atoms with E-state index in [1.807, 2.05) is 7.05 Å². The lowest BCUT2D eigenvalue weighted by atomic mass is 9.80. The van der Waals surface area contributed by atoms with Gasteiger partial charge < -0.3 is 15.0 Å². The summed E-state index contributed by atoms with van der Waals surface area (Å²) in [5.74, 6) is 1.11. The normalized spacial score (nSPS) is 26.0. The number of aliphatic imine (C=N–C) groups is 1. The lowest BCUT2D eigenvalue weighted by molar-refractivity contribution is -0.0354. The Morgan fingerprint density at radius 3 is 2.26 bits per heavy atom. The molecule has 0 aromatic rings. The van der Waals surface area contributed by atoms with Gasteiger partial charge in [-0.15, -0.1) is 24.0 Å². The van der Waals surface area contributed by atoms with Crippen molar-refractivity contribution in [1.29, 1.82) is 0 Å². The van der Waals surface area contributed by atoms with Crippen molar-refractivity contribution in [2.45, 2.75) is 50.5 Å². The van der Waals surface area contributed by atoms with E-state index in [1.54, 1.807) is 0 Å². The molecular formula is C17H33IN4O. The fourth-order valence-electron chi connectivity index (χ4n) is 4.36. The first-order valence-corrected chi connectivity index (χ1v) is 9.12. The third-order valence-corrected chi connectivity index (χ3v) is 5.66. The van der Waals surface area contributed by atoms with Crippen LogP contribution in [0.15, 0.2) is 4.99 Å². The molecule has 1 aliphatic carbocycles. The largest absolute Gasteiger partial charge is 0.379 e. The van der Waals surface area contributed by atoms with Crippen LogP contribution < -0.4 is 5.32 Å². The minimum Gasteiger partial charge on any atom is -0.379 e. The average molecular weight is 436 g/mol. The molecule has 23 heavy (non-hydrogen) atoms. The summed E-state index contributed by atoms with van der Waals surface area (Å²) in [5.41, 5.74) is 0.317. The molecule has 0 radical (unpaired) electrons. The van der Waals surface area contributed by atoms with Crippen molar-refractivity contribution < 1.29 is 4.74 Å². The minimum absolute atomic E-state index is 0. The molecule has 0 bridgehead atoms. The summed E-state index contributed by atoms with van der Waals surface area (Å²) < 4.78 is 5.57. The summed E-state index contributed by atoms with van der Waals surface area (Å²) >= 11 is 0. The van der Waals surface area contributed by atoms with Gasteiger partial charge in [-0.25, -0.2) is 0 Å². The molecule has 3 aliphatic rings. The van der Waals surface area contributed by atoms with Gasteiger partial charge in [-0.05, 0) is 25.7 Å². The van der Waals surface area contributed by atoms with Crippen molar-refractivity contribution in [3.63, 3.8) is 0 Å². The van der Waals surface area contributed by atoms with E-state index >= 15 is 0 Å². The van der Waals surface area contributed by atoms with Crippen LogP contribution in [0, 0.1) is 0 Å². The van der Waals surface area contributed by atoms with Gasteiger partial charge in [-0.1, -0.05) is 19.3 Å². The number of halogens is 1. The van der Waals surface area contributed by atoms with Gasteiger partial charge >= 0.3 is 0 Å². The molecule has 2 aliphatic heterocycles. The van der Waals surface area contributed by atoms with Crippen LogP contribution in [0.5, 0.6) is 0 Å². The lowest BCUT2D eigenvalue weighted by Gasteiger charge is -2.48. The number of hydrogen-bond acceptors (Lipinski definition) is 3. The number of hydrogen-bond donors (Lipinski definition) is 1. The SMILES string of the molecule is CN=C(NCC1(N2CCOCC2)CCCCC1)N1CCCC1.I. The Morgan fingerprint density at radius 1 is 1.00 bits per heavy atom. The van der Waals surface area contributed by atoms with Crippen molar-refractivity contribution in [3.8, 4) is 0 Å². The van der Waals surface area contributed by atoms with Gasteiger partial charge in [0.25, 0.3) is 0 Å². The van der Waals surface area contributed by atoms with Crippen molar-refractivity contribution >= 4 is 29.9 Å². The number of rotatable bonds is 3. The average Bonchev–Trinajstić information content (AvgIpc) is 3.12. The molecule has 3 fully saturated rings. The zero-order valence-corrected chi connectivity index (χ0v) is 16.9. The summed E-state index contributed by atoms with van der Waals surface area (Å²) in [4.78, 5) is 9.63. The highest BCUT2D eigenvalue weighted by Gasteiger charge is 2.38. The van der Waals surface area contributed by atoms with E-state index in [-0.39, 0.29) is 24.0 Å². The van der Waals surface area contributed by atoms with Crippen LogP contribution in [0.4, 0.5) is 0 Å². The molecule has 0 spiro atoms. The molecular weight excluding hydrogens is 403 g/mol. The van der Waals surface area contributed by atoms with E-state index < -0.39 is 0 Å². The summed E-state index contributed by atoms with van der Waals surface area (Å²) in [7, 11) is 1.92. The van der Waals surface area contributed by atoms with E-state index in [2.05, 4.69) is 20.1 Å². The third kappa shape index (κ3) is 4.72. The standard InChI is InChI=1S/C17H32N4O.HI/c1-18-16(20-9-5-6-10-20)19-15-17(7-3-2-4-8-17)21-11-13-22-14-12-21;/h2-15H2,1H3,(H,18,19);1H. The predicted octanol–water partition coefficient (Wildman–Crippen LogP) is 2.31. The smallest absolute Gasteiger partial charge is 0.193 e. The van der Waals surface area contributed by atoms with Gasteiger partial charge in [0.1, 0.15) is 0 Å². The van der Waals surface area contributed by atoms with Crippen LogP contribution in [0.25, 0.3) is 0 Å². The quantitative estimate of drug-likeness (QED) is 0.419. The van der Waals surface area contributed by atoms with Crippen LogP contribution in [0.3, 0.4) is 0 Å². The lowest BCUT2D eigenvalue weighted by Crippen LogP contribution is -2.60. The first-order valence-electron chi connectivity index (χ1n) is 9.12. The summed E-state index contributed by atoms with van der Waals surface area (Å²) in [6.07, 6.45) is 9.36. The Hall–Kier alpha value is -0.0800. The zero-order valence-electron chi connectivity index (χ0n) is 14.6. The zero-order chi connectivity index (χ0) is 15.3. The van der Waals surface area contributed by atoms with E-state index in [9.17, 15) is 0 Å². The Bertz CT molecular complexity index is 373. The van der Waals surface area contributed by atoms with Crippen molar-refractivity contribution in [2.24, 2.45) is 4.99 Å². The number of ether oxygens (including phenoxy) is 1. The molecule has 0 aromatic carbocycles. The fraction of sp³-hybridized carbons (Fsp3) is 0.941. The second-order valence-corrected chi connectivity index (χ2v) is 6.98. The fourth-order valence-corrected chi connectivity index (χ4v) is 4.36. The van der Waals surface area contributed by atoms with E-state index in [4.69, 9.17) is 4.74 Å². The Labute approximate surface area is 158 Å². The second kappa shape index (κ2) is 9.42. The van der Waals surface area contributed by atoms with E-state index in [0.717, 1.165) is 51.9 Å². The van der Waals surface area contributed by atoms with Crippen molar-refractivity contribution in [3.05, 3.63) is 0 Å². The van der Waals surface area contributed by atoms with Gasteiger partial charge in [0, 0.05) is 45.3 Å². The Kier molecular flexibility index (Phi) is 7.88. The number of nitrogens with one attached hydrogen (secondary N) is 1. The number of guanidine groups is 1. The maximum Gasteiger partial charge on any atom is 0.193 e. The molecule has 2 saturated heterocycles. The summed E-state index contributed by atoms with van der Waals surface area (Å²) in [6, 6.07) is 0. The van der Waals surface area contributed by atoms with E-state index in [1.165, 1.54) is 44.9 Å². The van der Waals surface area contributed by atoms with Crippen LogP contribution in [0.1, 0.15) is 44.9 Å². The molecule has 1 saturated carbocycles. The number of likely N-dealkylation sites (tertiary alicyclic amines) is 1. The first-order chi connectivity index (χ1) is 10.8. The van der Waals surface area contributed by atoms with Crippen molar-refractivity contribution in [1.82, 2.24) is 15.1 Å². The van der Waals surface area contributed by atoms with E-state index in [0.29, 0.717) is 5.54 Å². The topological polar surface area (TPSA) is 40.1 Å². The molecule has 1 N–H and O–H groups in total. The van der Waals surface area contributed by atoms with Crippen LogP contribution in [-0.2, 0) is 4.74 Å². The molecule has 0 amide bonds. The maximum atomic E-state index is 5.57. The van der Waals surface area contributed by atoms with Gasteiger partial charge in [0.05, 0.1) is 13.2 Å². The third-order valence-electron chi connectivity index (χ3n) is 5.66. The molecule has 0 atom stereocenters. The van der Waals surface area contributed by atoms with Gasteiger partial charge in [-0.2, -0.15) is 0 Å². The molecule has 0 unspecified atom stereocenters. The molecule has 134 valence electrons. The highest BCUT2D eigenvalue weighted by atomic mass is 127. The summed E-state index contributed by atoms with van der Waals surface area (Å²) in [6.45, 7) is 7.31. The maximum absolute atomic E-state index is 5.57. The summed E-state index contributed by atoms with van der Waals surface area (Å²) in [5, 5.41) is 3.71. The monoisotopic (exact) mass is 436 g/mol. The molecule has 5 nitrogen and oxygen atoms in total. The Morgan fingerprint density at radius 2 is 1.65 bits per heavy atom. The number of morpholine rings is 1. The van der Waals surface area contributed by atoms with Gasteiger partial charge in [0.15, 0.2) is 5.96 Å². The first kappa shape index (κ1) is 19.2. The highest BCUT2D eigenvalue weighted by Crippen LogP contribution is 2.34. The van der Waals surface area contributed by atoms with Crippen LogP contribution in [0.2, 0.25) is 0 Å². The number of nitrogens with zero attached hydrogens (tertiary/aromatic N) is 3. The molecule has 6 heteroatoms. The highest BCUT2D eigenvalue weighted by molar-refractivity contribution is 14.0.